The van der Waals surface area contributed by atoms with Gasteiger partial charge in [-0.05, 0) is 19.9 Å². The minimum atomic E-state index is 0.344. The number of fused-ring (bicyclic) bond motifs is 1. The molecule has 1 aliphatic heterocycles. The van der Waals surface area contributed by atoms with Crippen LogP contribution in [0.3, 0.4) is 0 Å². The van der Waals surface area contributed by atoms with Crippen LogP contribution in [0.5, 0.6) is 5.75 Å². The van der Waals surface area contributed by atoms with E-state index in [9.17, 15) is 0 Å². The summed E-state index contributed by atoms with van der Waals surface area (Å²) in [6.07, 6.45) is 2.20. The lowest BCUT2D eigenvalue weighted by molar-refractivity contribution is 0.315. The Balaban J connectivity index is 1.99. The van der Waals surface area contributed by atoms with E-state index in [2.05, 4.69) is 37.4 Å². The molecule has 0 aliphatic carbocycles. The minimum Gasteiger partial charge on any atom is -0.491 e. The molecule has 0 fully saturated rings. The Kier molecular flexibility index (Phi) is 3.07. The van der Waals surface area contributed by atoms with E-state index < -0.39 is 0 Å². The number of rotatable bonds is 3. The molecule has 80 valence electrons. The highest BCUT2D eigenvalue weighted by Gasteiger charge is 2.22. The molecule has 1 aliphatic rings. The second kappa shape index (κ2) is 4.49. The van der Waals surface area contributed by atoms with E-state index in [4.69, 9.17) is 4.74 Å². The van der Waals surface area contributed by atoms with Crippen molar-refractivity contribution in [3.05, 3.63) is 41.5 Å². The summed E-state index contributed by atoms with van der Waals surface area (Å²) in [5.74, 6) is 1.02. The van der Waals surface area contributed by atoms with Gasteiger partial charge in [0, 0.05) is 12.1 Å². The summed E-state index contributed by atoms with van der Waals surface area (Å²) in [4.78, 5) is 0. The van der Waals surface area contributed by atoms with E-state index in [1.807, 2.05) is 12.1 Å². The zero-order valence-electron chi connectivity index (χ0n) is 9.29. The van der Waals surface area contributed by atoms with E-state index in [1.54, 1.807) is 0 Å². The predicted octanol–water partition coefficient (Wildman–Crippen LogP) is 2.68. The van der Waals surface area contributed by atoms with Crippen molar-refractivity contribution < 1.29 is 4.74 Å². The molecule has 1 heterocycles. The molecule has 1 N–H and O–H groups in total. The van der Waals surface area contributed by atoms with E-state index in [0.717, 1.165) is 18.9 Å². The van der Waals surface area contributed by atoms with E-state index in [1.165, 1.54) is 11.1 Å². The number of benzene rings is 1. The molecular weight excluding hydrogens is 186 g/mol. The van der Waals surface area contributed by atoms with Crippen LogP contribution in [-0.4, -0.2) is 13.2 Å². The zero-order chi connectivity index (χ0) is 10.7. The molecule has 1 aromatic rings. The highest BCUT2D eigenvalue weighted by molar-refractivity contribution is 5.39. The van der Waals surface area contributed by atoms with Crippen molar-refractivity contribution in [2.45, 2.75) is 19.9 Å². The van der Waals surface area contributed by atoms with Gasteiger partial charge in [0.05, 0.1) is 6.04 Å². The Labute approximate surface area is 91.0 Å². The van der Waals surface area contributed by atoms with Crippen LogP contribution in [0.15, 0.2) is 35.9 Å². The van der Waals surface area contributed by atoms with Gasteiger partial charge in [-0.2, -0.15) is 0 Å². The molecule has 0 bridgehead atoms. The average Bonchev–Trinajstić information content (AvgIpc) is 2.62. The highest BCUT2D eigenvalue weighted by Crippen LogP contribution is 2.31. The second-order valence-electron chi connectivity index (χ2n) is 4.09. The molecule has 0 aromatic heterocycles. The first kappa shape index (κ1) is 10.2. The standard InChI is InChI=1S/C13H17NO/c1-10(2)7-8-14-12-9-15-13-6-4-3-5-11(12)13/h3-7,12,14H,8-9H2,1-2H3. The van der Waals surface area contributed by atoms with Crippen LogP contribution in [0.25, 0.3) is 0 Å². The van der Waals surface area contributed by atoms with E-state index in [-0.39, 0.29) is 0 Å². The summed E-state index contributed by atoms with van der Waals surface area (Å²) in [6, 6.07) is 8.57. The summed E-state index contributed by atoms with van der Waals surface area (Å²) in [5.41, 5.74) is 2.62. The Morgan fingerprint density at radius 2 is 2.27 bits per heavy atom. The molecule has 0 saturated carbocycles. The average molecular weight is 203 g/mol. The fraction of sp³-hybridized carbons (Fsp3) is 0.385. The Bertz CT molecular complexity index is 367. The summed E-state index contributed by atoms with van der Waals surface area (Å²) in [6.45, 7) is 5.88. The van der Waals surface area contributed by atoms with Gasteiger partial charge in [0.2, 0.25) is 0 Å². The van der Waals surface area contributed by atoms with Gasteiger partial charge in [0.25, 0.3) is 0 Å². The van der Waals surface area contributed by atoms with Gasteiger partial charge in [-0.3, -0.25) is 0 Å². The first-order valence-electron chi connectivity index (χ1n) is 5.36. The minimum absolute atomic E-state index is 0.344. The third-order valence-electron chi connectivity index (χ3n) is 2.57. The first-order valence-corrected chi connectivity index (χ1v) is 5.36. The van der Waals surface area contributed by atoms with Gasteiger partial charge < -0.3 is 10.1 Å². The van der Waals surface area contributed by atoms with Crippen LogP contribution in [0.4, 0.5) is 0 Å². The summed E-state index contributed by atoms with van der Waals surface area (Å²) < 4.78 is 5.59. The Morgan fingerprint density at radius 3 is 3.07 bits per heavy atom. The van der Waals surface area contributed by atoms with Gasteiger partial charge in [0.1, 0.15) is 12.4 Å². The van der Waals surface area contributed by atoms with Crippen molar-refractivity contribution in [2.75, 3.05) is 13.2 Å². The molecule has 1 aromatic carbocycles. The quantitative estimate of drug-likeness (QED) is 0.763. The topological polar surface area (TPSA) is 21.3 Å². The molecule has 1 atom stereocenters. The van der Waals surface area contributed by atoms with Crippen LogP contribution >= 0.6 is 0 Å². The lowest BCUT2D eigenvalue weighted by Gasteiger charge is -2.09. The van der Waals surface area contributed by atoms with Gasteiger partial charge in [-0.1, -0.05) is 29.8 Å². The number of ether oxygens (including phenoxy) is 1. The molecule has 1 unspecified atom stereocenters. The van der Waals surface area contributed by atoms with Crippen molar-refractivity contribution in [1.29, 1.82) is 0 Å². The molecule has 0 amide bonds. The molecule has 0 saturated heterocycles. The fourth-order valence-electron chi connectivity index (χ4n) is 1.74. The maximum absolute atomic E-state index is 5.59. The zero-order valence-corrected chi connectivity index (χ0v) is 9.29. The predicted molar refractivity (Wildman–Crippen MR) is 62.1 cm³/mol. The van der Waals surface area contributed by atoms with Crippen LogP contribution in [0.2, 0.25) is 0 Å². The highest BCUT2D eigenvalue weighted by atomic mass is 16.5. The maximum atomic E-state index is 5.59. The van der Waals surface area contributed by atoms with E-state index in [0.29, 0.717) is 6.04 Å². The van der Waals surface area contributed by atoms with Crippen molar-refractivity contribution in [3.8, 4) is 5.75 Å². The monoisotopic (exact) mass is 203 g/mol. The number of para-hydroxylation sites is 1. The number of allylic oxidation sites excluding steroid dienone is 1. The van der Waals surface area contributed by atoms with Gasteiger partial charge in [-0.25, -0.2) is 0 Å². The smallest absolute Gasteiger partial charge is 0.124 e. The van der Waals surface area contributed by atoms with Crippen LogP contribution in [-0.2, 0) is 0 Å². The SMILES string of the molecule is CC(C)=CCNC1COc2ccccc21. The molecular formula is C13H17NO. The normalized spacial score (nSPS) is 18.1. The fourth-order valence-corrected chi connectivity index (χ4v) is 1.74. The van der Waals surface area contributed by atoms with Crippen molar-refractivity contribution >= 4 is 0 Å². The number of nitrogens with one attached hydrogen (secondary N) is 1. The Hall–Kier alpha value is -1.28. The van der Waals surface area contributed by atoms with Crippen molar-refractivity contribution in [2.24, 2.45) is 0 Å². The molecule has 0 spiro atoms. The van der Waals surface area contributed by atoms with Crippen molar-refractivity contribution in [3.63, 3.8) is 0 Å². The summed E-state index contributed by atoms with van der Waals surface area (Å²) in [7, 11) is 0. The van der Waals surface area contributed by atoms with Crippen LogP contribution < -0.4 is 10.1 Å². The molecule has 15 heavy (non-hydrogen) atoms. The lowest BCUT2D eigenvalue weighted by atomic mass is 10.1. The molecule has 2 heteroatoms. The van der Waals surface area contributed by atoms with Crippen LogP contribution in [0, 0.1) is 0 Å². The van der Waals surface area contributed by atoms with Gasteiger partial charge >= 0.3 is 0 Å². The second-order valence-corrected chi connectivity index (χ2v) is 4.09. The molecule has 2 nitrogen and oxygen atoms in total. The van der Waals surface area contributed by atoms with Crippen LogP contribution in [0.1, 0.15) is 25.5 Å². The molecule has 0 radical (unpaired) electrons. The lowest BCUT2D eigenvalue weighted by Crippen LogP contribution is -2.22. The van der Waals surface area contributed by atoms with E-state index >= 15 is 0 Å². The number of hydrogen-bond acceptors (Lipinski definition) is 2. The third kappa shape index (κ3) is 2.39. The third-order valence-corrected chi connectivity index (χ3v) is 2.57. The van der Waals surface area contributed by atoms with Gasteiger partial charge in [0.15, 0.2) is 0 Å². The van der Waals surface area contributed by atoms with Gasteiger partial charge in [-0.15, -0.1) is 0 Å². The maximum Gasteiger partial charge on any atom is 0.124 e. The summed E-state index contributed by atoms with van der Waals surface area (Å²) >= 11 is 0. The molecule has 2 rings (SSSR count). The summed E-state index contributed by atoms with van der Waals surface area (Å²) in [5, 5.41) is 3.47. The van der Waals surface area contributed by atoms with Crippen molar-refractivity contribution in [1.82, 2.24) is 5.32 Å². The number of hydrogen-bond donors (Lipinski definition) is 1. The largest absolute Gasteiger partial charge is 0.491 e. The Morgan fingerprint density at radius 1 is 1.47 bits per heavy atom. The first-order chi connectivity index (χ1) is 7.27.